The van der Waals surface area contributed by atoms with E-state index in [0.29, 0.717) is 40.1 Å². The molecular formula is C18H18Cl2N4O. The Hall–Kier alpha value is -2.00. The number of benzene rings is 1. The number of hydrogen-bond donors (Lipinski definition) is 0. The van der Waals surface area contributed by atoms with Crippen molar-refractivity contribution in [3.05, 3.63) is 51.8 Å². The molecule has 0 atom stereocenters. The van der Waals surface area contributed by atoms with Crippen molar-refractivity contribution in [1.82, 2.24) is 14.4 Å². The molecule has 0 aliphatic carbocycles. The number of hydrogen-bond acceptors (Lipinski definition) is 3. The molecule has 3 rings (SSSR count). The molecule has 0 N–H and O–H groups in total. The summed E-state index contributed by atoms with van der Waals surface area (Å²) in [5, 5.41) is 10.4. The number of carbonyl (C=O) groups is 1. The number of piperazine rings is 1. The molecule has 2 heterocycles. The van der Waals surface area contributed by atoms with Gasteiger partial charge in [0.1, 0.15) is 11.8 Å². The average molecular weight is 377 g/mol. The molecule has 7 heteroatoms. The molecule has 0 spiro atoms. The summed E-state index contributed by atoms with van der Waals surface area (Å²) in [6.07, 6.45) is 1.70. The molecule has 2 aromatic rings. The number of amides is 1. The van der Waals surface area contributed by atoms with E-state index in [1.165, 1.54) is 0 Å². The molecule has 25 heavy (non-hydrogen) atoms. The molecule has 0 bridgehead atoms. The highest BCUT2D eigenvalue weighted by Gasteiger charge is 2.27. The van der Waals surface area contributed by atoms with Crippen LogP contribution in [0.4, 0.5) is 0 Å². The van der Waals surface area contributed by atoms with Gasteiger partial charge in [0.05, 0.1) is 16.3 Å². The highest BCUT2D eigenvalue weighted by Crippen LogP contribution is 2.27. The largest absolute Gasteiger partial charge is 0.335 e. The maximum atomic E-state index is 13.1. The summed E-state index contributed by atoms with van der Waals surface area (Å²) in [5.74, 6) is -0.150. The zero-order valence-corrected chi connectivity index (χ0v) is 15.4. The second kappa shape index (κ2) is 7.49. The lowest BCUT2D eigenvalue weighted by Gasteiger charge is -2.34. The summed E-state index contributed by atoms with van der Waals surface area (Å²) >= 11 is 12.3. The SMILES string of the molecule is CCN1CCN(C(=O)c2c(C#N)ccn2-c2ccc(Cl)cc2Cl)CC1. The number of halogens is 2. The van der Waals surface area contributed by atoms with E-state index in [-0.39, 0.29) is 5.91 Å². The van der Waals surface area contributed by atoms with Crippen LogP contribution in [0.5, 0.6) is 0 Å². The number of nitrogens with zero attached hydrogens (tertiary/aromatic N) is 4. The van der Waals surface area contributed by atoms with Gasteiger partial charge in [-0.25, -0.2) is 0 Å². The Kier molecular flexibility index (Phi) is 5.33. The molecule has 1 aromatic carbocycles. The molecular weight excluding hydrogens is 359 g/mol. The van der Waals surface area contributed by atoms with Crippen molar-refractivity contribution < 1.29 is 4.79 Å². The molecule has 1 amide bonds. The summed E-state index contributed by atoms with van der Waals surface area (Å²) in [5.41, 5.74) is 1.31. The maximum Gasteiger partial charge on any atom is 0.272 e. The first-order valence-corrected chi connectivity index (χ1v) is 8.89. The molecule has 5 nitrogen and oxygen atoms in total. The number of aromatic nitrogens is 1. The quantitative estimate of drug-likeness (QED) is 0.824. The number of likely N-dealkylation sites (N-methyl/N-ethyl adjacent to an activating group) is 1. The lowest BCUT2D eigenvalue weighted by molar-refractivity contribution is 0.0635. The molecule has 1 aliphatic heterocycles. The van der Waals surface area contributed by atoms with E-state index in [1.54, 1.807) is 39.9 Å². The van der Waals surface area contributed by atoms with Crippen molar-refractivity contribution in [2.45, 2.75) is 6.92 Å². The Bertz CT molecular complexity index is 832. The van der Waals surface area contributed by atoms with Crippen molar-refractivity contribution >= 4 is 29.1 Å². The fraction of sp³-hybridized carbons (Fsp3) is 0.333. The van der Waals surface area contributed by atoms with Gasteiger partial charge in [0.2, 0.25) is 0 Å². The first-order chi connectivity index (χ1) is 12.0. The third-order valence-corrected chi connectivity index (χ3v) is 5.02. The van der Waals surface area contributed by atoms with Gasteiger partial charge in [-0.2, -0.15) is 5.26 Å². The van der Waals surface area contributed by atoms with Gasteiger partial charge >= 0.3 is 0 Å². The van der Waals surface area contributed by atoms with Crippen LogP contribution in [0.25, 0.3) is 5.69 Å². The zero-order chi connectivity index (χ0) is 18.0. The van der Waals surface area contributed by atoms with E-state index in [1.807, 2.05) is 0 Å². The van der Waals surface area contributed by atoms with Crippen LogP contribution in [0.3, 0.4) is 0 Å². The summed E-state index contributed by atoms with van der Waals surface area (Å²) in [4.78, 5) is 17.2. The first kappa shape index (κ1) is 17.8. The zero-order valence-electron chi connectivity index (χ0n) is 13.9. The van der Waals surface area contributed by atoms with E-state index in [2.05, 4.69) is 17.9 Å². The summed E-state index contributed by atoms with van der Waals surface area (Å²) in [6, 6.07) is 8.83. The van der Waals surface area contributed by atoms with E-state index >= 15 is 0 Å². The molecule has 0 unspecified atom stereocenters. The summed E-state index contributed by atoms with van der Waals surface area (Å²) < 4.78 is 1.67. The average Bonchev–Trinajstić information content (AvgIpc) is 3.05. The van der Waals surface area contributed by atoms with Crippen LogP contribution >= 0.6 is 23.2 Å². The smallest absolute Gasteiger partial charge is 0.272 e. The minimum absolute atomic E-state index is 0.150. The van der Waals surface area contributed by atoms with Crippen molar-refractivity contribution in [3.63, 3.8) is 0 Å². The number of rotatable bonds is 3. The Morgan fingerprint density at radius 1 is 1.20 bits per heavy atom. The highest BCUT2D eigenvalue weighted by molar-refractivity contribution is 6.35. The predicted molar refractivity (Wildman–Crippen MR) is 98.5 cm³/mol. The lowest BCUT2D eigenvalue weighted by atomic mass is 10.2. The predicted octanol–water partition coefficient (Wildman–Crippen LogP) is 3.43. The van der Waals surface area contributed by atoms with Gasteiger partial charge in [0.15, 0.2) is 0 Å². The van der Waals surface area contributed by atoms with Crippen LogP contribution in [0.15, 0.2) is 30.5 Å². The molecule has 1 saturated heterocycles. The first-order valence-electron chi connectivity index (χ1n) is 8.13. The van der Waals surface area contributed by atoms with Gasteiger partial charge in [-0.1, -0.05) is 30.1 Å². The Balaban J connectivity index is 1.97. The van der Waals surface area contributed by atoms with Crippen LogP contribution in [0.1, 0.15) is 23.0 Å². The van der Waals surface area contributed by atoms with Crippen molar-refractivity contribution in [2.24, 2.45) is 0 Å². The van der Waals surface area contributed by atoms with Crippen LogP contribution in [-0.4, -0.2) is 53.0 Å². The van der Waals surface area contributed by atoms with E-state index in [9.17, 15) is 10.1 Å². The molecule has 1 fully saturated rings. The van der Waals surface area contributed by atoms with Crippen molar-refractivity contribution in [1.29, 1.82) is 5.26 Å². The minimum atomic E-state index is -0.150. The van der Waals surface area contributed by atoms with Gasteiger partial charge < -0.3 is 14.4 Å². The van der Waals surface area contributed by atoms with Crippen molar-refractivity contribution in [2.75, 3.05) is 32.7 Å². The van der Waals surface area contributed by atoms with Gasteiger partial charge in [-0.15, -0.1) is 0 Å². The van der Waals surface area contributed by atoms with Crippen LogP contribution in [-0.2, 0) is 0 Å². The third-order valence-electron chi connectivity index (χ3n) is 4.49. The van der Waals surface area contributed by atoms with E-state index in [4.69, 9.17) is 23.2 Å². The minimum Gasteiger partial charge on any atom is -0.335 e. The van der Waals surface area contributed by atoms with Gasteiger partial charge in [0.25, 0.3) is 5.91 Å². The molecule has 0 radical (unpaired) electrons. The van der Waals surface area contributed by atoms with Crippen molar-refractivity contribution in [3.8, 4) is 11.8 Å². The van der Waals surface area contributed by atoms with Crippen LogP contribution in [0.2, 0.25) is 10.0 Å². The fourth-order valence-corrected chi connectivity index (χ4v) is 3.53. The van der Waals surface area contributed by atoms with Crippen LogP contribution in [0, 0.1) is 11.3 Å². The van der Waals surface area contributed by atoms with Gasteiger partial charge in [-0.3, -0.25) is 4.79 Å². The Morgan fingerprint density at radius 2 is 1.92 bits per heavy atom. The standard InChI is InChI=1S/C18H18Cl2N4O/c1-2-22-7-9-23(10-8-22)18(25)17-13(12-21)5-6-24(17)16-4-3-14(19)11-15(16)20/h3-6,11H,2,7-10H2,1H3. The summed E-state index contributed by atoms with van der Waals surface area (Å²) in [7, 11) is 0. The third kappa shape index (κ3) is 3.52. The topological polar surface area (TPSA) is 52.3 Å². The van der Waals surface area contributed by atoms with E-state index in [0.717, 1.165) is 19.6 Å². The molecule has 1 aromatic heterocycles. The molecule has 130 valence electrons. The Labute approximate surface area is 157 Å². The summed E-state index contributed by atoms with van der Waals surface area (Å²) in [6.45, 7) is 6.06. The highest BCUT2D eigenvalue weighted by atomic mass is 35.5. The molecule has 0 saturated carbocycles. The number of carbonyl (C=O) groups excluding carboxylic acids is 1. The Morgan fingerprint density at radius 3 is 2.52 bits per heavy atom. The van der Waals surface area contributed by atoms with Crippen LogP contribution < -0.4 is 0 Å². The molecule has 1 aliphatic rings. The fourth-order valence-electron chi connectivity index (χ4n) is 3.04. The monoisotopic (exact) mass is 376 g/mol. The lowest BCUT2D eigenvalue weighted by Crippen LogP contribution is -2.48. The second-order valence-corrected chi connectivity index (χ2v) is 6.73. The van der Waals surface area contributed by atoms with E-state index < -0.39 is 0 Å². The maximum absolute atomic E-state index is 13.1. The van der Waals surface area contributed by atoms with Gasteiger partial charge in [-0.05, 0) is 30.8 Å². The second-order valence-electron chi connectivity index (χ2n) is 5.88. The van der Waals surface area contributed by atoms with Gasteiger partial charge in [0, 0.05) is 37.4 Å². The number of nitriles is 1. The normalized spacial score (nSPS) is 15.2.